The molecule has 2 rings (SSSR count). The fourth-order valence-corrected chi connectivity index (χ4v) is 3.68. The smallest absolute Gasteiger partial charge is 0.329 e. The highest BCUT2D eigenvalue weighted by Crippen LogP contribution is 2.46. The molecule has 0 saturated heterocycles. The van der Waals surface area contributed by atoms with Crippen LogP contribution in [0.3, 0.4) is 0 Å². The van der Waals surface area contributed by atoms with Crippen LogP contribution in [0, 0.1) is 11.8 Å². The Hall–Kier alpha value is -0.290. The molecule has 2 nitrogen and oxygen atoms in total. The summed E-state index contributed by atoms with van der Waals surface area (Å²) in [6.45, 7) is 5.86. The van der Waals surface area contributed by atoms with Crippen molar-refractivity contribution in [1.29, 1.82) is 0 Å². The largest absolute Gasteiger partial charge is 0.391 e. The van der Waals surface area contributed by atoms with Gasteiger partial charge in [0.05, 0.1) is 5.92 Å². The van der Waals surface area contributed by atoms with E-state index < -0.39 is 12.1 Å². The average Bonchev–Trinajstić information content (AvgIpc) is 3.22. The molecule has 0 spiro atoms. The fourth-order valence-electron chi connectivity index (χ4n) is 3.68. The topological polar surface area (TPSA) is 29.3 Å². The predicted octanol–water partition coefficient (Wildman–Crippen LogP) is 3.95. The van der Waals surface area contributed by atoms with Gasteiger partial charge in [-0.3, -0.25) is 4.90 Å². The molecule has 0 aliphatic heterocycles. The van der Waals surface area contributed by atoms with Gasteiger partial charge in [-0.2, -0.15) is 13.2 Å². The minimum absolute atomic E-state index is 0.183. The van der Waals surface area contributed by atoms with Gasteiger partial charge in [-0.15, -0.1) is 0 Å². The third-order valence-corrected chi connectivity index (χ3v) is 5.30. The second-order valence-electron chi connectivity index (χ2n) is 7.35. The lowest BCUT2D eigenvalue weighted by Crippen LogP contribution is -2.57. The molecule has 5 heteroatoms. The summed E-state index contributed by atoms with van der Waals surface area (Å²) in [6.07, 6.45) is 1.11. The average molecular weight is 306 g/mol. The predicted molar refractivity (Wildman–Crippen MR) is 79.0 cm³/mol. The molecule has 2 aliphatic carbocycles. The number of rotatable bonds is 6. The molecule has 0 radical (unpaired) electrons. The standard InChI is InChI=1S/C16H29F3N2/c1-12(2)7-10-21(14-3-4-14)15(11-20)8-5-13(6-9-15)16(17,18)19/h12-14H,3-11,20H2,1-2H3. The Balaban J connectivity index is 2.02. The molecule has 0 aromatic carbocycles. The number of alkyl halides is 3. The minimum Gasteiger partial charge on any atom is -0.329 e. The van der Waals surface area contributed by atoms with Crippen LogP contribution in [0.5, 0.6) is 0 Å². The molecule has 0 heterocycles. The Morgan fingerprint density at radius 1 is 1.14 bits per heavy atom. The molecule has 0 unspecified atom stereocenters. The molecule has 0 atom stereocenters. The third-order valence-electron chi connectivity index (χ3n) is 5.30. The van der Waals surface area contributed by atoms with Gasteiger partial charge in [-0.05, 0) is 57.4 Å². The van der Waals surface area contributed by atoms with Crippen molar-refractivity contribution >= 4 is 0 Å². The van der Waals surface area contributed by atoms with Crippen molar-refractivity contribution in [3.05, 3.63) is 0 Å². The van der Waals surface area contributed by atoms with E-state index in [0.717, 1.165) is 13.0 Å². The van der Waals surface area contributed by atoms with Gasteiger partial charge in [-0.1, -0.05) is 13.8 Å². The summed E-state index contributed by atoms with van der Waals surface area (Å²) in [7, 11) is 0. The highest BCUT2D eigenvalue weighted by Gasteiger charge is 2.49. The van der Waals surface area contributed by atoms with E-state index in [9.17, 15) is 13.2 Å². The normalized spacial score (nSPS) is 31.1. The van der Waals surface area contributed by atoms with Gasteiger partial charge in [0, 0.05) is 18.1 Å². The summed E-state index contributed by atoms with van der Waals surface area (Å²) in [5.41, 5.74) is 5.86. The van der Waals surface area contributed by atoms with Gasteiger partial charge < -0.3 is 5.73 Å². The van der Waals surface area contributed by atoms with Gasteiger partial charge in [-0.25, -0.2) is 0 Å². The van der Waals surface area contributed by atoms with Gasteiger partial charge >= 0.3 is 6.18 Å². The SMILES string of the molecule is CC(C)CCN(C1CC1)C1(CN)CCC(C(F)(F)F)CC1. The first-order chi connectivity index (χ1) is 9.78. The van der Waals surface area contributed by atoms with Crippen molar-refractivity contribution in [2.24, 2.45) is 17.6 Å². The molecule has 0 amide bonds. The molecule has 2 fully saturated rings. The van der Waals surface area contributed by atoms with Crippen molar-refractivity contribution in [2.75, 3.05) is 13.1 Å². The van der Waals surface area contributed by atoms with Gasteiger partial charge in [0.15, 0.2) is 0 Å². The molecule has 2 saturated carbocycles. The number of nitrogens with two attached hydrogens (primary N) is 1. The van der Waals surface area contributed by atoms with E-state index in [4.69, 9.17) is 5.73 Å². The monoisotopic (exact) mass is 306 g/mol. The van der Waals surface area contributed by atoms with Crippen LogP contribution in [-0.2, 0) is 0 Å². The van der Waals surface area contributed by atoms with Crippen LogP contribution in [-0.4, -0.2) is 35.7 Å². The molecule has 21 heavy (non-hydrogen) atoms. The van der Waals surface area contributed by atoms with Crippen LogP contribution < -0.4 is 5.73 Å². The lowest BCUT2D eigenvalue weighted by Gasteiger charge is -2.48. The minimum atomic E-state index is -4.04. The van der Waals surface area contributed by atoms with E-state index in [1.54, 1.807) is 0 Å². The number of hydrogen-bond acceptors (Lipinski definition) is 2. The third kappa shape index (κ3) is 4.13. The first-order valence-electron chi connectivity index (χ1n) is 8.32. The maximum Gasteiger partial charge on any atom is 0.391 e. The van der Waals surface area contributed by atoms with Gasteiger partial charge in [0.1, 0.15) is 0 Å². The second-order valence-corrected chi connectivity index (χ2v) is 7.35. The molecular formula is C16H29F3N2. The Bertz CT molecular complexity index is 329. The Kier molecular flexibility index (Phi) is 5.24. The first kappa shape index (κ1) is 17.1. The lowest BCUT2D eigenvalue weighted by molar-refractivity contribution is -0.188. The fraction of sp³-hybridized carbons (Fsp3) is 1.00. The van der Waals surface area contributed by atoms with Gasteiger partial charge in [0.2, 0.25) is 0 Å². The van der Waals surface area contributed by atoms with Crippen molar-refractivity contribution in [3.63, 3.8) is 0 Å². The Labute approximate surface area is 126 Å². The maximum absolute atomic E-state index is 12.9. The zero-order valence-electron chi connectivity index (χ0n) is 13.3. The molecule has 2 N–H and O–H groups in total. The molecule has 0 bridgehead atoms. The van der Waals surface area contributed by atoms with E-state index >= 15 is 0 Å². The van der Waals surface area contributed by atoms with Crippen molar-refractivity contribution < 1.29 is 13.2 Å². The highest BCUT2D eigenvalue weighted by atomic mass is 19.4. The summed E-state index contributed by atoms with van der Waals surface area (Å²) in [4.78, 5) is 2.47. The van der Waals surface area contributed by atoms with E-state index in [-0.39, 0.29) is 18.4 Å². The van der Waals surface area contributed by atoms with Crippen LogP contribution in [0.15, 0.2) is 0 Å². The zero-order valence-corrected chi connectivity index (χ0v) is 13.3. The van der Waals surface area contributed by atoms with E-state index in [1.165, 1.54) is 12.8 Å². The molecule has 124 valence electrons. The van der Waals surface area contributed by atoms with Crippen LogP contribution in [0.4, 0.5) is 13.2 Å². The number of halogens is 3. The summed E-state index contributed by atoms with van der Waals surface area (Å²) in [5.74, 6) is -0.504. The Morgan fingerprint density at radius 2 is 1.71 bits per heavy atom. The van der Waals surface area contributed by atoms with Crippen molar-refractivity contribution in [1.82, 2.24) is 4.90 Å². The van der Waals surface area contributed by atoms with Crippen LogP contribution in [0.2, 0.25) is 0 Å². The van der Waals surface area contributed by atoms with Crippen LogP contribution in [0.1, 0.15) is 58.8 Å². The highest BCUT2D eigenvalue weighted by molar-refractivity contribution is 5.02. The van der Waals surface area contributed by atoms with E-state index in [0.29, 0.717) is 31.3 Å². The maximum atomic E-state index is 12.9. The summed E-state index contributed by atoms with van der Waals surface area (Å²) in [6, 6.07) is 0.565. The van der Waals surface area contributed by atoms with Gasteiger partial charge in [0.25, 0.3) is 0 Å². The summed E-state index contributed by atoms with van der Waals surface area (Å²) < 4.78 is 38.6. The second kappa shape index (κ2) is 6.45. The van der Waals surface area contributed by atoms with E-state index in [1.807, 2.05) is 0 Å². The van der Waals surface area contributed by atoms with E-state index in [2.05, 4.69) is 18.7 Å². The zero-order chi connectivity index (χ0) is 15.7. The first-order valence-corrected chi connectivity index (χ1v) is 8.32. The molecule has 0 aromatic rings. The van der Waals surface area contributed by atoms with Crippen molar-refractivity contribution in [2.45, 2.75) is 76.6 Å². The van der Waals surface area contributed by atoms with Crippen LogP contribution in [0.25, 0.3) is 0 Å². The lowest BCUT2D eigenvalue weighted by atomic mass is 9.74. The molecule has 2 aliphatic rings. The van der Waals surface area contributed by atoms with Crippen LogP contribution >= 0.6 is 0 Å². The summed E-state index contributed by atoms with van der Waals surface area (Å²) in [5, 5.41) is 0. The Morgan fingerprint density at radius 3 is 2.10 bits per heavy atom. The number of nitrogens with zero attached hydrogens (tertiary/aromatic N) is 1. The molecule has 0 aromatic heterocycles. The van der Waals surface area contributed by atoms with Crippen molar-refractivity contribution in [3.8, 4) is 0 Å². The number of hydrogen-bond donors (Lipinski definition) is 1. The molecular weight excluding hydrogens is 277 g/mol. The summed E-state index contributed by atoms with van der Waals surface area (Å²) >= 11 is 0. The quantitative estimate of drug-likeness (QED) is 0.805.